The molecule has 0 aliphatic heterocycles. The standard InChI is InChI=1S/C16H16Cl2O2/c1-10-7-12(4-6-16(10)20-2)15(19)8-11-3-5-13(17)9-14(11)18/h3-7,9,15,19H,8H2,1-2H3. The molecular formula is C16H16Cl2O2. The van der Waals surface area contributed by atoms with Crippen LogP contribution >= 0.6 is 23.2 Å². The molecule has 2 nitrogen and oxygen atoms in total. The highest BCUT2D eigenvalue weighted by Crippen LogP contribution is 2.28. The first-order valence-corrected chi connectivity index (χ1v) is 7.03. The van der Waals surface area contributed by atoms with Crippen molar-refractivity contribution >= 4 is 23.2 Å². The monoisotopic (exact) mass is 310 g/mol. The molecule has 0 aliphatic rings. The van der Waals surface area contributed by atoms with Gasteiger partial charge < -0.3 is 9.84 Å². The van der Waals surface area contributed by atoms with E-state index < -0.39 is 6.10 Å². The summed E-state index contributed by atoms with van der Waals surface area (Å²) in [7, 11) is 1.63. The van der Waals surface area contributed by atoms with E-state index >= 15 is 0 Å². The maximum absolute atomic E-state index is 10.3. The van der Waals surface area contributed by atoms with Crippen LogP contribution in [0, 0.1) is 6.92 Å². The number of aliphatic hydroxyl groups is 1. The fourth-order valence-electron chi connectivity index (χ4n) is 2.12. The second-order valence-corrected chi connectivity index (χ2v) is 5.53. The molecule has 0 aromatic heterocycles. The summed E-state index contributed by atoms with van der Waals surface area (Å²) in [6.45, 7) is 1.95. The van der Waals surface area contributed by atoms with Crippen LogP contribution in [0.4, 0.5) is 0 Å². The van der Waals surface area contributed by atoms with Crippen molar-refractivity contribution < 1.29 is 9.84 Å². The topological polar surface area (TPSA) is 29.5 Å². The fourth-order valence-corrected chi connectivity index (χ4v) is 2.61. The van der Waals surface area contributed by atoms with Crippen molar-refractivity contribution in [2.24, 2.45) is 0 Å². The van der Waals surface area contributed by atoms with Gasteiger partial charge in [-0.2, -0.15) is 0 Å². The molecule has 106 valence electrons. The van der Waals surface area contributed by atoms with Crippen LogP contribution in [0.2, 0.25) is 10.0 Å². The normalized spacial score (nSPS) is 12.2. The number of hydrogen-bond donors (Lipinski definition) is 1. The van der Waals surface area contributed by atoms with Crippen molar-refractivity contribution in [3.8, 4) is 5.75 Å². The Bertz CT molecular complexity index is 611. The summed E-state index contributed by atoms with van der Waals surface area (Å²) in [5.74, 6) is 0.811. The summed E-state index contributed by atoms with van der Waals surface area (Å²) in [5, 5.41) is 11.5. The number of aryl methyl sites for hydroxylation is 1. The van der Waals surface area contributed by atoms with Crippen LogP contribution in [0.1, 0.15) is 22.8 Å². The smallest absolute Gasteiger partial charge is 0.121 e. The summed E-state index contributed by atoms with van der Waals surface area (Å²) in [4.78, 5) is 0. The van der Waals surface area contributed by atoms with E-state index in [1.165, 1.54) is 0 Å². The van der Waals surface area contributed by atoms with Gasteiger partial charge in [0.05, 0.1) is 13.2 Å². The third-order valence-electron chi connectivity index (χ3n) is 3.23. The van der Waals surface area contributed by atoms with E-state index in [-0.39, 0.29) is 0 Å². The van der Waals surface area contributed by atoms with Crippen molar-refractivity contribution in [1.82, 2.24) is 0 Å². The molecule has 0 saturated carbocycles. The average Bonchev–Trinajstić information content (AvgIpc) is 2.41. The molecule has 1 atom stereocenters. The van der Waals surface area contributed by atoms with E-state index in [0.717, 1.165) is 22.4 Å². The number of aliphatic hydroxyl groups excluding tert-OH is 1. The summed E-state index contributed by atoms with van der Waals surface area (Å²) in [5.41, 5.74) is 2.71. The third kappa shape index (κ3) is 3.45. The Morgan fingerprint density at radius 2 is 1.90 bits per heavy atom. The van der Waals surface area contributed by atoms with E-state index in [0.29, 0.717) is 16.5 Å². The van der Waals surface area contributed by atoms with E-state index in [2.05, 4.69) is 0 Å². The molecule has 0 amide bonds. The lowest BCUT2D eigenvalue weighted by Gasteiger charge is -2.14. The lowest BCUT2D eigenvalue weighted by atomic mass is 9.99. The second-order valence-electron chi connectivity index (χ2n) is 4.68. The largest absolute Gasteiger partial charge is 0.496 e. The van der Waals surface area contributed by atoms with Gasteiger partial charge in [-0.25, -0.2) is 0 Å². The lowest BCUT2D eigenvalue weighted by molar-refractivity contribution is 0.178. The first kappa shape index (κ1) is 15.2. The molecule has 2 aromatic rings. The minimum atomic E-state index is -0.613. The van der Waals surface area contributed by atoms with Crippen molar-refractivity contribution in [3.63, 3.8) is 0 Å². The van der Waals surface area contributed by atoms with Crippen LogP contribution in [0.15, 0.2) is 36.4 Å². The molecular weight excluding hydrogens is 295 g/mol. The first-order chi connectivity index (χ1) is 9.51. The second kappa shape index (κ2) is 6.49. The predicted molar refractivity (Wildman–Crippen MR) is 82.9 cm³/mol. The Kier molecular flexibility index (Phi) is 4.92. The highest BCUT2D eigenvalue weighted by Gasteiger charge is 2.12. The summed E-state index contributed by atoms with van der Waals surface area (Å²) in [6.07, 6.45) is -0.167. The maximum Gasteiger partial charge on any atom is 0.121 e. The number of benzene rings is 2. The minimum absolute atomic E-state index is 0.446. The van der Waals surface area contributed by atoms with Gasteiger partial charge in [-0.3, -0.25) is 0 Å². The molecule has 4 heteroatoms. The molecule has 1 unspecified atom stereocenters. The quantitative estimate of drug-likeness (QED) is 0.895. The van der Waals surface area contributed by atoms with Crippen molar-refractivity contribution in [2.75, 3.05) is 7.11 Å². The molecule has 0 saturated heterocycles. The zero-order chi connectivity index (χ0) is 14.7. The number of ether oxygens (including phenoxy) is 1. The van der Waals surface area contributed by atoms with Gasteiger partial charge in [-0.05, 0) is 47.9 Å². The van der Waals surface area contributed by atoms with Crippen LogP contribution in [0.3, 0.4) is 0 Å². The van der Waals surface area contributed by atoms with E-state index in [1.54, 1.807) is 19.2 Å². The zero-order valence-corrected chi connectivity index (χ0v) is 12.9. The van der Waals surface area contributed by atoms with Crippen molar-refractivity contribution in [3.05, 3.63) is 63.1 Å². The predicted octanol–water partition coefficient (Wildman–Crippen LogP) is 4.59. The van der Waals surface area contributed by atoms with Gasteiger partial charge in [0, 0.05) is 16.5 Å². The Morgan fingerprint density at radius 3 is 2.50 bits per heavy atom. The SMILES string of the molecule is COc1ccc(C(O)Cc2ccc(Cl)cc2Cl)cc1C. The Hall–Kier alpha value is -1.22. The van der Waals surface area contributed by atoms with E-state index in [1.807, 2.05) is 31.2 Å². The molecule has 2 rings (SSSR count). The number of methoxy groups -OCH3 is 1. The average molecular weight is 311 g/mol. The molecule has 2 aromatic carbocycles. The van der Waals surface area contributed by atoms with Gasteiger partial charge >= 0.3 is 0 Å². The molecule has 0 heterocycles. The lowest BCUT2D eigenvalue weighted by Crippen LogP contribution is -2.03. The minimum Gasteiger partial charge on any atom is -0.496 e. The summed E-state index contributed by atoms with van der Waals surface area (Å²) < 4.78 is 5.21. The highest BCUT2D eigenvalue weighted by molar-refractivity contribution is 6.35. The molecule has 0 bridgehead atoms. The summed E-state index contributed by atoms with van der Waals surface area (Å²) >= 11 is 12.0. The van der Waals surface area contributed by atoms with Gasteiger partial charge in [0.1, 0.15) is 5.75 Å². The number of hydrogen-bond acceptors (Lipinski definition) is 2. The van der Waals surface area contributed by atoms with Gasteiger partial charge in [0.15, 0.2) is 0 Å². The fraction of sp³-hybridized carbons (Fsp3) is 0.250. The van der Waals surface area contributed by atoms with Gasteiger partial charge in [-0.1, -0.05) is 35.3 Å². The molecule has 0 spiro atoms. The Labute approximate surface area is 128 Å². The zero-order valence-electron chi connectivity index (χ0n) is 11.4. The van der Waals surface area contributed by atoms with Gasteiger partial charge in [0.2, 0.25) is 0 Å². The first-order valence-electron chi connectivity index (χ1n) is 6.28. The molecule has 20 heavy (non-hydrogen) atoms. The summed E-state index contributed by atoms with van der Waals surface area (Å²) in [6, 6.07) is 10.9. The Balaban J connectivity index is 2.19. The van der Waals surface area contributed by atoms with Crippen LogP contribution in [0.25, 0.3) is 0 Å². The third-order valence-corrected chi connectivity index (χ3v) is 3.82. The van der Waals surface area contributed by atoms with Gasteiger partial charge in [-0.15, -0.1) is 0 Å². The maximum atomic E-state index is 10.3. The van der Waals surface area contributed by atoms with E-state index in [4.69, 9.17) is 27.9 Å². The van der Waals surface area contributed by atoms with Crippen LogP contribution < -0.4 is 4.74 Å². The van der Waals surface area contributed by atoms with Crippen LogP contribution in [0.5, 0.6) is 5.75 Å². The van der Waals surface area contributed by atoms with Gasteiger partial charge in [0.25, 0.3) is 0 Å². The van der Waals surface area contributed by atoms with Crippen LogP contribution in [-0.2, 0) is 6.42 Å². The van der Waals surface area contributed by atoms with Crippen molar-refractivity contribution in [2.45, 2.75) is 19.4 Å². The number of rotatable bonds is 4. The molecule has 0 fully saturated rings. The molecule has 0 aliphatic carbocycles. The highest BCUT2D eigenvalue weighted by atomic mass is 35.5. The Morgan fingerprint density at radius 1 is 1.15 bits per heavy atom. The van der Waals surface area contributed by atoms with Crippen LogP contribution in [-0.4, -0.2) is 12.2 Å². The van der Waals surface area contributed by atoms with E-state index in [9.17, 15) is 5.11 Å². The molecule has 0 radical (unpaired) electrons. The van der Waals surface area contributed by atoms with Crippen molar-refractivity contribution in [1.29, 1.82) is 0 Å². The molecule has 1 N–H and O–H groups in total. The number of halogens is 2.